The highest BCUT2D eigenvalue weighted by Crippen LogP contribution is 2.20. The Kier molecular flexibility index (Phi) is 6.51. The van der Waals surface area contributed by atoms with Crippen LogP contribution < -0.4 is 10.9 Å². The molecule has 0 bridgehead atoms. The summed E-state index contributed by atoms with van der Waals surface area (Å²) in [5.41, 5.74) is -0.315. The van der Waals surface area contributed by atoms with Crippen molar-refractivity contribution in [1.29, 1.82) is 0 Å². The highest BCUT2D eigenvalue weighted by molar-refractivity contribution is 9.10. The van der Waals surface area contributed by atoms with Gasteiger partial charge in [-0.1, -0.05) is 47.5 Å². The van der Waals surface area contributed by atoms with Crippen LogP contribution in [0.3, 0.4) is 0 Å². The lowest BCUT2D eigenvalue weighted by Crippen LogP contribution is -2.37. The highest BCUT2D eigenvalue weighted by Gasteiger charge is 2.23. The standard InChI is InChI=1S/C17H18BrN3O5/c1-2-5-12-15(24)14(16(25)19-8-13(22)23)17(26)21(20-12)9-10-6-3-4-7-11(10)18/h3-4,6-7,24H,2,5,8-9H2,1H3,(H,19,25)(H,22,23). The molecule has 0 saturated carbocycles. The van der Waals surface area contributed by atoms with E-state index in [0.717, 1.165) is 14.7 Å². The molecule has 26 heavy (non-hydrogen) atoms. The quantitative estimate of drug-likeness (QED) is 0.620. The van der Waals surface area contributed by atoms with Gasteiger partial charge in [0.05, 0.1) is 6.54 Å². The maximum absolute atomic E-state index is 12.7. The smallest absolute Gasteiger partial charge is 0.322 e. The van der Waals surface area contributed by atoms with Crippen LogP contribution in [0.25, 0.3) is 0 Å². The number of aromatic nitrogens is 2. The van der Waals surface area contributed by atoms with Crippen molar-refractivity contribution in [1.82, 2.24) is 15.1 Å². The number of hydrogen-bond donors (Lipinski definition) is 3. The van der Waals surface area contributed by atoms with E-state index in [9.17, 15) is 19.5 Å². The fourth-order valence-corrected chi connectivity index (χ4v) is 2.77. The number of carbonyl (C=O) groups excluding carboxylic acids is 1. The number of amides is 1. The second kappa shape index (κ2) is 8.61. The molecule has 0 spiro atoms. The van der Waals surface area contributed by atoms with Crippen molar-refractivity contribution >= 4 is 27.8 Å². The lowest BCUT2D eigenvalue weighted by atomic mass is 10.1. The molecule has 2 aromatic rings. The number of nitrogens with one attached hydrogen (secondary N) is 1. The summed E-state index contributed by atoms with van der Waals surface area (Å²) in [7, 11) is 0. The van der Waals surface area contributed by atoms with Crippen LogP contribution in [0.5, 0.6) is 5.75 Å². The molecular weight excluding hydrogens is 406 g/mol. The molecule has 0 unspecified atom stereocenters. The van der Waals surface area contributed by atoms with Crippen LogP contribution >= 0.6 is 15.9 Å². The zero-order chi connectivity index (χ0) is 19.3. The number of carboxylic acid groups (broad SMARTS) is 1. The van der Waals surface area contributed by atoms with Crippen LogP contribution in [0.2, 0.25) is 0 Å². The summed E-state index contributed by atoms with van der Waals surface area (Å²) < 4.78 is 1.87. The Labute approximate surface area is 157 Å². The number of aryl methyl sites for hydroxylation is 1. The molecule has 1 aromatic heterocycles. The normalized spacial score (nSPS) is 10.5. The molecule has 1 amide bonds. The molecule has 3 N–H and O–H groups in total. The average Bonchev–Trinajstić information content (AvgIpc) is 2.59. The van der Waals surface area contributed by atoms with Crippen LogP contribution in [0.15, 0.2) is 33.5 Å². The van der Waals surface area contributed by atoms with Crippen LogP contribution in [0.4, 0.5) is 0 Å². The van der Waals surface area contributed by atoms with Gasteiger partial charge in [0.15, 0.2) is 5.75 Å². The Morgan fingerprint density at radius 3 is 2.62 bits per heavy atom. The molecular formula is C17H18BrN3O5. The first-order chi connectivity index (χ1) is 12.3. The van der Waals surface area contributed by atoms with E-state index in [-0.39, 0.29) is 12.2 Å². The second-order valence-electron chi connectivity index (χ2n) is 5.55. The molecule has 0 radical (unpaired) electrons. The Morgan fingerprint density at radius 1 is 1.31 bits per heavy atom. The van der Waals surface area contributed by atoms with Crippen molar-refractivity contribution in [2.45, 2.75) is 26.3 Å². The molecule has 8 nitrogen and oxygen atoms in total. The summed E-state index contributed by atoms with van der Waals surface area (Å²) in [4.78, 5) is 35.5. The molecule has 0 aliphatic heterocycles. The van der Waals surface area contributed by atoms with E-state index < -0.39 is 35.3 Å². The van der Waals surface area contributed by atoms with Crippen molar-refractivity contribution < 1.29 is 19.8 Å². The number of nitrogens with zero attached hydrogens (tertiary/aromatic N) is 2. The first-order valence-electron chi connectivity index (χ1n) is 7.91. The molecule has 138 valence electrons. The van der Waals surface area contributed by atoms with Crippen LogP contribution in [0.1, 0.15) is 35.0 Å². The van der Waals surface area contributed by atoms with E-state index in [2.05, 4.69) is 26.3 Å². The van der Waals surface area contributed by atoms with Gasteiger partial charge in [-0.05, 0) is 18.1 Å². The predicted molar refractivity (Wildman–Crippen MR) is 97.4 cm³/mol. The topological polar surface area (TPSA) is 122 Å². The van der Waals surface area contributed by atoms with Gasteiger partial charge in [0.25, 0.3) is 11.5 Å². The van der Waals surface area contributed by atoms with E-state index >= 15 is 0 Å². The molecule has 9 heteroatoms. The van der Waals surface area contributed by atoms with Gasteiger partial charge in [0, 0.05) is 4.47 Å². The van der Waals surface area contributed by atoms with Crippen LogP contribution in [-0.2, 0) is 17.8 Å². The second-order valence-corrected chi connectivity index (χ2v) is 6.41. The maximum atomic E-state index is 12.7. The van der Waals surface area contributed by atoms with Crippen LogP contribution in [0, 0.1) is 0 Å². The van der Waals surface area contributed by atoms with Crippen molar-refractivity contribution in [2.75, 3.05) is 6.54 Å². The molecule has 1 heterocycles. The highest BCUT2D eigenvalue weighted by atomic mass is 79.9. The fraction of sp³-hybridized carbons (Fsp3) is 0.294. The summed E-state index contributed by atoms with van der Waals surface area (Å²) in [6.45, 7) is 1.30. The molecule has 0 aliphatic rings. The van der Waals surface area contributed by atoms with Crippen LogP contribution in [-0.4, -0.2) is 38.4 Å². The zero-order valence-corrected chi connectivity index (χ0v) is 15.6. The van der Waals surface area contributed by atoms with Gasteiger partial charge in [-0.25, -0.2) is 4.68 Å². The van der Waals surface area contributed by atoms with E-state index in [1.807, 2.05) is 19.1 Å². The van der Waals surface area contributed by atoms with Crippen molar-refractivity contribution in [3.8, 4) is 5.75 Å². The number of benzene rings is 1. The average molecular weight is 424 g/mol. The van der Waals surface area contributed by atoms with Gasteiger partial charge < -0.3 is 15.5 Å². The minimum atomic E-state index is -1.26. The summed E-state index contributed by atoms with van der Waals surface area (Å²) in [5, 5.41) is 25.3. The summed E-state index contributed by atoms with van der Waals surface area (Å²) in [6.07, 6.45) is 1.01. The predicted octanol–water partition coefficient (Wildman–Crippen LogP) is 1.53. The maximum Gasteiger partial charge on any atom is 0.322 e. The third-order valence-corrected chi connectivity index (χ3v) is 4.37. The lowest BCUT2D eigenvalue weighted by Gasteiger charge is -2.13. The van der Waals surface area contributed by atoms with Crippen molar-refractivity contribution in [3.05, 3.63) is 55.9 Å². The lowest BCUT2D eigenvalue weighted by molar-refractivity contribution is -0.135. The number of hydrogen-bond acceptors (Lipinski definition) is 5. The zero-order valence-electron chi connectivity index (χ0n) is 14.0. The van der Waals surface area contributed by atoms with Gasteiger partial charge in [0.2, 0.25) is 0 Å². The van der Waals surface area contributed by atoms with Gasteiger partial charge in [-0.15, -0.1) is 0 Å². The Balaban J connectivity index is 2.51. The number of rotatable bonds is 7. The number of halogens is 1. The minimum Gasteiger partial charge on any atom is -0.505 e. The molecule has 2 rings (SSSR count). The molecule has 0 saturated heterocycles. The summed E-state index contributed by atoms with van der Waals surface area (Å²) in [6, 6.07) is 7.25. The number of aromatic hydroxyl groups is 1. The Hall–Kier alpha value is -2.68. The van der Waals surface area contributed by atoms with Gasteiger partial charge in [-0.2, -0.15) is 5.10 Å². The van der Waals surface area contributed by atoms with Crippen molar-refractivity contribution in [3.63, 3.8) is 0 Å². The number of carbonyl (C=O) groups is 2. The van der Waals surface area contributed by atoms with E-state index in [1.165, 1.54) is 0 Å². The van der Waals surface area contributed by atoms with E-state index in [0.29, 0.717) is 12.8 Å². The molecule has 1 aromatic carbocycles. The van der Waals surface area contributed by atoms with Gasteiger partial charge in [0.1, 0.15) is 17.8 Å². The summed E-state index contributed by atoms with van der Waals surface area (Å²) in [5.74, 6) is -2.71. The Bertz CT molecular complexity index is 894. The largest absolute Gasteiger partial charge is 0.505 e. The third kappa shape index (κ3) is 4.48. The van der Waals surface area contributed by atoms with Gasteiger partial charge >= 0.3 is 5.97 Å². The Morgan fingerprint density at radius 2 is 2.00 bits per heavy atom. The fourth-order valence-electron chi connectivity index (χ4n) is 2.36. The first-order valence-corrected chi connectivity index (χ1v) is 8.70. The van der Waals surface area contributed by atoms with E-state index in [4.69, 9.17) is 5.11 Å². The molecule has 0 fully saturated rings. The number of carboxylic acids is 1. The van der Waals surface area contributed by atoms with Crippen molar-refractivity contribution in [2.24, 2.45) is 0 Å². The molecule has 0 aliphatic carbocycles. The number of aliphatic carboxylic acids is 1. The minimum absolute atomic E-state index is 0.0937. The van der Waals surface area contributed by atoms with Gasteiger partial charge in [-0.3, -0.25) is 14.4 Å². The summed E-state index contributed by atoms with van der Waals surface area (Å²) >= 11 is 3.39. The molecule has 0 atom stereocenters. The first kappa shape index (κ1) is 19.6. The van der Waals surface area contributed by atoms with E-state index in [1.54, 1.807) is 12.1 Å². The third-order valence-electron chi connectivity index (χ3n) is 3.59. The SMILES string of the molecule is CCCc1nn(Cc2ccccc2Br)c(=O)c(C(=O)NCC(=O)O)c1O. The monoisotopic (exact) mass is 423 g/mol.